The summed E-state index contributed by atoms with van der Waals surface area (Å²) >= 11 is 0. The predicted molar refractivity (Wildman–Crippen MR) is 141 cm³/mol. The lowest BCUT2D eigenvalue weighted by Gasteiger charge is -2.19. The Balaban J connectivity index is 1.37. The molecule has 18 nitrogen and oxygen atoms in total. The highest BCUT2D eigenvalue weighted by atomic mass is 31.3. The summed E-state index contributed by atoms with van der Waals surface area (Å²) in [5.41, 5.74) is 8.59. The highest BCUT2D eigenvalue weighted by Gasteiger charge is 2.43. The summed E-state index contributed by atoms with van der Waals surface area (Å²) in [5.74, 6) is 0.462. The van der Waals surface area contributed by atoms with E-state index in [1.165, 1.54) is 22.8 Å². The number of imidazole rings is 1. The summed E-state index contributed by atoms with van der Waals surface area (Å²) in [5, 5.41) is 13.6. The van der Waals surface area contributed by atoms with Crippen LogP contribution in [0.25, 0.3) is 11.2 Å². The molecule has 1 aromatic carbocycles. The molecule has 0 bridgehead atoms. The fraction of sp³-hybridized carbons (Fsp3) is 0.450. The van der Waals surface area contributed by atoms with Gasteiger partial charge >= 0.3 is 23.5 Å². The normalized spacial score (nSPS) is 22.4. The molecule has 0 saturated carbocycles. The zero-order valence-corrected chi connectivity index (χ0v) is 23.9. The highest BCUT2D eigenvalue weighted by Crippen LogP contribution is 2.66. The predicted octanol–water partition coefficient (Wildman–Crippen LogP) is 1.32. The van der Waals surface area contributed by atoms with E-state index >= 15 is 0 Å². The van der Waals surface area contributed by atoms with Gasteiger partial charge in [-0.25, -0.2) is 28.6 Å². The van der Waals surface area contributed by atoms with Gasteiger partial charge in [0.05, 0.1) is 19.0 Å². The second-order valence-corrected chi connectivity index (χ2v) is 13.3. The average molecular weight is 638 g/mol. The molecule has 0 spiro atoms. The third-order valence-electron chi connectivity index (χ3n) is 5.84. The molecule has 1 fully saturated rings. The molecule has 4 rings (SSSR count). The molecule has 1 aliphatic rings. The SMILES string of the molecule is NCCCc1ccc(CNc2ncnc3c2ncn3[C@H]2C[C@H](O)[C@@H](COP(=O)(O)OP(=O)(O)OP(=O)(O)O)O2)cc1. The van der Waals surface area contributed by atoms with Gasteiger partial charge in [0.1, 0.15) is 18.7 Å². The van der Waals surface area contributed by atoms with Crippen molar-refractivity contribution in [3.05, 3.63) is 48.0 Å². The topological polar surface area (TPSA) is 271 Å². The van der Waals surface area contributed by atoms with Crippen LogP contribution < -0.4 is 11.1 Å². The Kier molecular flexibility index (Phi) is 10.1. The molecule has 2 aromatic heterocycles. The molecular formula is C20H29N6O12P3. The number of aliphatic hydroxyl groups is 1. The number of hydrogen-bond donors (Lipinski definition) is 7. The van der Waals surface area contributed by atoms with Crippen molar-refractivity contribution < 1.29 is 56.3 Å². The molecule has 41 heavy (non-hydrogen) atoms. The van der Waals surface area contributed by atoms with Gasteiger partial charge in [-0.05, 0) is 30.5 Å². The number of phosphoric ester groups is 1. The van der Waals surface area contributed by atoms with Crippen LogP contribution in [0.15, 0.2) is 36.9 Å². The van der Waals surface area contributed by atoms with Crippen LogP contribution in [0.2, 0.25) is 0 Å². The average Bonchev–Trinajstić information content (AvgIpc) is 3.47. The maximum absolute atomic E-state index is 12.0. The summed E-state index contributed by atoms with van der Waals surface area (Å²) in [6, 6.07) is 8.10. The number of fused-ring (bicyclic) bond motifs is 1. The van der Waals surface area contributed by atoms with Gasteiger partial charge in [-0.15, -0.1) is 0 Å². The first-order valence-electron chi connectivity index (χ1n) is 12.1. The number of benzene rings is 1. The Labute approximate surface area is 232 Å². The lowest BCUT2D eigenvalue weighted by molar-refractivity contribution is -0.0423. The van der Waals surface area contributed by atoms with E-state index in [-0.39, 0.29) is 6.42 Å². The molecule has 1 aliphatic heterocycles. The molecule has 8 N–H and O–H groups in total. The first-order chi connectivity index (χ1) is 19.3. The van der Waals surface area contributed by atoms with Crippen LogP contribution >= 0.6 is 23.5 Å². The molecule has 0 radical (unpaired) electrons. The van der Waals surface area contributed by atoms with Gasteiger partial charge in [0, 0.05) is 13.0 Å². The van der Waals surface area contributed by atoms with E-state index in [4.69, 9.17) is 20.3 Å². The number of aliphatic hydroxyl groups excluding tert-OH is 1. The van der Waals surface area contributed by atoms with Crippen LogP contribution in [0, 0.1) is 0 Å². The van der Waals surface area contributed by atoms with Crippen LogP contribution in [0.5, 0.6) is 0 Å². The number of ether oxygens (including phenoxy) is 1. The van der Waals surface area contributed by atoms with Crippen molar-refractivity contribution in [1.82, 2.24) is 19.5 Å². The van der Waals surface area contributed by atoms with Crippen molar-refractivity contribution in [3.63, 3.8) is 0 Å². The zero-order chi connectivity index (χ0) is 29.8. The Morgan fingerprint density at radius 3 is 2.41 bits per heavy atom. The third kappa shape index (κ3) is 8.92. The summed E-state index contributed by atoms with van der Waals surface area (Å²) in [6.45, 7) is 0.311. The number of nitrogens with two attached hydrogens (primary N) is 1. The van der Waals surface area contributed by atoms with Gasteiger partial charge in [-0.2, -0.15) is 8.62 Å². The second-order valence-electron chi connectivity index (χ2n) is 8.93. The molecule has 3 heterocycles. The van der Waals surface area contributed by atoms with Crippen LogP contribution in [-0.2, 0) is 44.5 Å². The number of aromatic nitrogens is 4. The second kappa shape index (κ2) is 13.0. The molecule has 226 valence electrons. The van der Waals surface area contributed by atoms with Gasteiger partial charge in [0.25, 0.3) is 0 Å². The van der Waals surface area contributed by atoms with Gasteiger partial charge < -0.3 is 40.5 Å². The van der Waals surface area contributed by atoms with E-state index in [2.05, 4.69) is 33.4 Å². The van der Waals surface area contributed by atoms with E-state index in [0.29, 0.717) is 30.1 Å². The van der Waals surface area contributed by atoms with Crippen LogP contribution in [0.4, 0.5) is 5.82 Å². The van der Waals surface area contributed by atoms with Crippen LogP contribution in [-0.4, -0.2) is 69.6 Å². The van der Waals surface area contributed by atoms with Gasteiger partial charge in [0.2, 0.25) is 0 Å². The van der Waals surface area contributed by atoms with Crippen molar-refractivity contribution >= 4 is 40.4 Å². The first kappa shape index (κ1) is 31.8. The first-order valence-corrected chi connectivity index (χ1v) is 16.6. The Morgan fingerprint density at radius 1 is 1.02 bits per heavy atom. The maximum atomic E-state index is 12.0. The van der Waals surface area contributed by atoms with E-state index in [0.717, 1.165) is 18.4 Å². The lowest BCUT2D eigenvalue weighted by atomic mass is 10.1. The molecule has 5 atom stereocenters. The number of nitrogens with one attached hydrogen (secondary N) is 1. The maximum Gasteiger partial charge on any atom is 0.490 e. The van der Waals surface area contributed by atoms with Crippen LogP contribution in [0.1, 0.15) is 30.2 Å². The Morgan fingerprint density at radius 2 is 1.73 bits per heavy atom. The fourth-order valence-corrected chi connectivity index (χ4v) is 7.04. The van der Waals surface area contributed by atoms with Gasteiger partial charge in [0.15, 0.2) is 17.0 Å². The number of phosphoric acid groups is 3. The molecule has 0 amide bonds. The standard InChI is InChI=1S/C20H29N6O12P3/c21-7-1-2-13-3-5-14(6-4-13)9-22-19-18-20(24-11-23-19)26(12-25-18)17-8-15(27)16(36-17)10-35-40(31,32)38-41(33,34)37-39(28,29)30/h3-6,11-12,15-17,27H,1-2,7-10,21H2,(H,31,32)(H,33,34)(H,22,23,24)(H2,28,29,30)/t15-,16+,17+/m0/s1. The third-order valence-corrected chi connectivity index (χ3v) is 9.65. The minimum absolute atomic E-state index is 0.000839. The van der Waals surface area contributed by atoms with Gasteiger partial charge in [-0.1, -0.05) is 24.3 Å². The molecule has 21 heteroatoms. The van der Waals surface area contributed by atoms with Crippen molar-refractivity contribution in [1.29, 1.82) is 0 Å². The molecule has 1 saturated heterocycles. The van der Waals surface area contributed by atoms with Crippen molar-refractivity contribution in [3.8, 4) is 0 Å². The van der Waals surface area contributed by atoms with Crippen molar-refractivity contribution in [2.45, 2.75) is 44.2 Å². The Hall–Kier alpha value is -2.14. The monoisotopic (exact) mass is 638 g/mol. The minimum atomic E-state index is -5.67. The summed E-state index contributed by atoms with van der Waals surface area (Å²) in [4.78, 5) is 49.0. The van der Waals surface area contributed by atoms with E-state index in [1.54, 1.807) is 0 Å². The molecule has 3 aromatic rings. The number of anilines is 1. The largest absolute Gasteiger partial charge is 0.490 e. The number of nitrogens with zero attached hydrogens (tertiary/aromatic N) is 4. The zero-order valence-electron chi connectivity index (χ0n) is 21.2. The van der Waals surface area contributed by atoms with E-state index < -0.39 is 48.5 Å². The van der Waals surface area contributed by atoms with Gasteiger partial charge in [-0.3, -0.25) is 9.09 Å². The Bertz CT molecular complexity index is 1480. The molecular weight excluding hydrogens is 609 g/mol. The summed E-state index contributed by atoms with van der Waals surface area (Å²) < 4.78 is 53.4. The molecule has 2 unspecified atom stereocenters. The van der Waals surface area contributed by atoms with E-state index in [9.17, 15) is 28.6 Å². The summed E-state index contributed by atoms with van der Waals surface area (Å²) in [6.07, 6.45) is 1.34. The quantitative estimate of drug-likeness (QED) is 0.123. The fourth-order valence-electron chi connectivity index (χ4n) is 4.01. The van der Waals surface area contributed by atoms with Crippen molar-refractivity contribution in [2.75, 3.05) is 18.5 Å². The minimum Gasteiger partial charge on any atom is -0.390 e. The smallest absolute Gasteiger partial charge is 0.390 e. The number of rotatable bonds is 14. The highest BCUT2D eigenvalue weighted by molar-refractivity contribution is 7.66. The lowest BCUT2D eigenvalue weighted by Crippen LogP contribution is -2.26. The summed E-state index contributed by atoms with van der Waals surface area (Å²) in [7, 11) is -16.6. The number of aryl methyl sites for hydroxylation is 1. The van der Waals surface area contributed by atoms with E-state index in [1.807, 2.05) is 24.3 Å². The van der Waals surface area contributed by atoms with Crippen molar-refractivity contribution in [2.24, 2.45) is 5.73 Å². The van der Waals surface area contributed by atoms with Crippen LogP contribution in [0.3, 0.4) is 0 Å². The molecule has 0 aliphatic carbocycles. The number of hydrogen-bond acceptors (Lipinski definition) is 13.